The molecule has 0 aliphatic carbocycles. The number of halogens is 2. The minimum Gasteiger partial charge on any atom is -0.349 e. The van der Waals surface area contributed by atoms with Gasteiger partial charge in [-0.25, -0.2) is 4.68 Å². The Hall–Kier alpha value is -2.38. The molecular formula is C26H31Cl2N5O. The predicted octanol–water partition coefficient (Wildman–Crippen LogP) is 4.68. The highest BCUT2D eigenvalue weighted by atomic mass is 35.5. The van der Waals surface area contributed by atoms with Crippen LogP contribution in [0, 0.1) is 0 Å². The lowest BCUT2D eigenvalue weighted by Crippen LogP contribution is -2.48. The van der Waals surface area contributed by atoms with Crippen LogP contribution in [0.2, 0.25) is 10.0 Å². The average molecular weight is 500 g/mol. The number of carbonyl (C=O) groups excluding carboxylic acids is 1. The summed E-state index contributed by atoms with van der Waals surface area (Å²) < 4.78 is 1.80. The van der Waals surface area contributed by atoms with Gasteiger partial charge in [0.1, 0.15) is 0 Å². The van der Waals surface area contributed by atoms with Crippen LogP contribution in [0.15, 0.2) is 54.7 Å². The molecule has 0 unspecified atom stereocenters. The van der Waals surface area contributed by atoms with Gasteiger partial charge in [0.2, 0.25) is 0 Å². The number of nitrogens with one attached hydrogen (secondary N) is 1. The van der Waals surface area contributed by atoms with E-state index in [-0.39, 0.29) is 5.91 Å². The number of carbonyl (C=O) groups is 1. The molecule has 1 aromatic heterocycles. The van der Waals surface area contributed by atoms with Crippen LogP contribution in [0.25, 0.3) is 5.69 Å². The van der Waals surface area contributed by atoms with Gasteiger partial charge in [-0.2, -0.15) is 5.10 Å². The van der Waals surface area contributed by atoms with Gasteiger partial charge in [-0.1, -0.05) is 60.8 Å². The first kappa shape index (κ1) is 24.7. The molecule has 1 saturated heterocycles. The molecule has 1 amide bonds. The van der Waals surface area contributed by atoms with Crippen LogP contribution < -0.4 is 5.32 Å². The Morgan fingerprint density at radius 1 is 1.00 bits per heavy atom. The maximum Gasteiger partial charge on any atom is 0.272 e. The van der Waals surface area contributed by atoms with Crippen molar-refractivity contribution in [1.82, 2.24) is 24.9 Å². The van der Waals surface area contributed by atoms with Gasteiger partial charge in [-0.3, -0.25) is 14.6 Å². The van der Waals surface area contributed by atoms with E-state index in [1.54, 1.807) is 4.68 Å². The van der Waals surface area contributed by atoms with E-state index < -0.39 is 0 Å². The Balaban J connectivity index is 1.25. The lowest BCUT2D eigenvalue weighted by molar-refractivity contribution is 0.0928. The number of benzene rings is 2. The molecule has 0 atom stereocenters. The van der Waals surface area contributed by atoms with Crippen molar-refractivity contribution in [2.24, 2.45) is 0 Å². The van der Waals surface area contributed by atoms with Gasteiger partial charge in [0.15, 0.2) is 5.69 Å². The number of aryl methyl sites for hydroxylation is 1. The molecule has 0 saturated carbocycles. The zero-order valence-corrected chi connectivity index (χ0v) is 21.0. The third-order valence-electron chi connectivity index (χ3n) is 6.11. The fourth-order valence-electron chi connectivity index (χ4n) is 4.24. The van der Waals surface area contributed by atoms with Crippen molar-refractivity contribution in [3.8, 4) is 5.69 Å². The molecule has 180 valence electrons. The van der Waals surface area contributed by atoms with Gasteiger partial charge in [0.25, 0.3) is 5.91 Å². The van der Waals surface area contributed by atoms with Gasteiger partial charge >= 0.3 is 0 Å². The molecule has 1 fully saturated rings. The largest absolute Gasteiger partial charge is 0.349 e. The fourth-order valence-corrected chi connectivity index (χ4v) is 4.57. The summed E-state index contributed by atoms with van der Waals surface area (Å²) in [6, 6.07) is 15.7. The summed E-state index contributed by atoms with van der Waals surface area (Å²) in [7, 11) is 0. The molecule has 6 nitrogen and oxygen atoms in total. The lowest BCUT2D eigenvalue weighted by atomic mass is 10.1. The van der Waals surface area contributed by atoms with Gasteiger partial charge < -0.3 is 5.32 Å². The average Bonchev–Trinajstić information content (AvgIpc) is 3.27. The molecular weight excluding hydrogens is 469 g/mol. The summed E-state index contributed by atoms with van der Waals surface area (Å²) in [5.74, 6) is -0.101. The zero-order chi connectivity index (χ0) is 23.9. The van der Waals surface area contributed by atoms with E-state index >= 15 is 0 Å². The van der Waals surface area contributed by atoms with Crippen LogP contribution in [-0.4, -0.2) is 64.8 Å². The van der Waals surface area contributed by atoms with Crippen molar-refractivity contribution < 1.29 is 4.79 Å². The number of para-hydroxylation sites is 1. The van der Waals surface area contributed by atoms with Crippen LogP contribution >= 0.6 is 23.2 Å². The van der Waals surface area contributed by atoms with Gasteiger partial charge in [0.05, 0.1) is 15.7 Å². The van der Waals surface area contributed by atoms with Crippen LogP contribution in [0.5, 0.6) is 0 Å². The quantitative estimate of drug-likeness (QED) is 0.464. The smallest absolute Gasteiger partial charge is 0.272 e. The molecule has 2 heterocycles. The van der Waals surface area contributed by atoms with Gasteiger partial charge in [-0.05, 0) is 36.2 Å². The van der Waals surface area contributed by atoms with E-state index in [4.69, 9.17) is 23.2 Å². The van der Waals surface area contributed by atoms with E-state index in [2.05, 4.69) is 27.1 Å². The molecule has 3 aromatic rings. The molecule has 0 radical (unpaired) electrons. The summed E-state index contributed by atoms with van der Waals surface area (Å²) in [6.07, 6.45) is 3.77. The number of amides is 1. The second-order valence-corrected chi connectivity index (χ2v) is 9.47. The first-order valence-corrected chi connectivity index (χ1v) is 12.6. The number of nitrogens with zero attached hydrogens (tertiary/aromatic N) is 4. The molecule has 1 aliphatic heterocycles. The van der Waals surface area contributed by atoms with Crippen LogP contribution in [0.1, 0.15) is 35.0 Å². The number of piperazine rings is 1. The molecule has 1 N–H and O–H groups in total. The molecule has 34 heavy (non-hydrogen) atoms. The molecule has 0 bridgehead atoms. The Labute approximate surface area is 211 Å². The second kappa shape index (κ2) is 11.8. The highest BCUT2D eigenvalue weighted by molar-refractivity contribution is 6.42. The van der Waals surface area contributed by atoms with E-state index in [0.717, 1.165) is 63.4 Å². The van der Waals surface area contributed by atoms with Gasteiger partial charge in [-0.15, -0.1) is 0 Å². The summed E-state index contributed by atoms with van der Waals surface area (Å²) in [6.45, 7) is 8.33. The minimum atomic E-state index is -0.101. The Bertz CT molecular complexity index is 1090. The topological polar surface area (TPSA) is 53.4 Å². The van der Waals surface area contributed by atoms with Crippen molar-refractivity contribution >= 4 is 29.1 Å². The lowest BCUT2D eigenvalue weighted by Gasteiger charge is -2.34. The van der Waals surface area contributed by atoms with Crippen molar-refractivity contribution in [2.45, 2.75) is 26.3 Å². The highest BCUT2D eigenvalue weighted by Crippen LogP contribution is 2.23. The molecule has 1 aliphatic rings. The third kappa shape index (κ3) is 6.39. The van der Waals surface area contributed by atoms with Crippen molar-refractivity contribution in [1.29, 1.82) is 0 Å². The van der Waals surface area contributed by atoms with E-state index in [9.17, 15) is 4.79 Å². The van der Waals surface area contributed by atoms with E-state index in [1.807, 2.05) is 54.7 Å². The number of hydrogen-bond acceptors (Lipinski definition) is 4. The van der Waals surface area contributed by atoms with Crippen molar-refractivity contribution in [3.63, 3.8) is 0 Å². The first-order chi connectivity index (χ1) is 16.5. The predicted molar refractivity (Wildman–Crippen MR) is 138 cm³/mol. The third-order valence-corrected chi connectivity index (χ3v) is 6.85. The van der Waals surface area contributed by atoms with Crippen LogP contribution in [-0.2, 0) is 13.0 Å². The zero-order valence-electron chi connectivity index (χ0n) is 19.5. The molecule has 4 rings (SSSR count). The second-order valence-electron chi connectivity index (χ2n) is 8.66. The maximum absolute atomic E-state index is 12.9. The van der Waals surface area contributed by atoms with Crippen LogP contribution in [0.3, 0.4) is 0 Å². The summed E-state index contributed by atoms with van der Waals surface area (Å²) in [5, 5.41) is 8.86. The normalized spacial score (nSPS) is 14.9. The van der Waals surface area contributed by atoms with E-state index in [1.165, 1.54) is 5.56 Å². The SMILES string of the molecule is CCCc1cn(-c2ccccc2)nc1C(=O)NCCN1CCN(Cc2ccc(Cl)c(Cl)c2)CC1. The number of hydrogen-bond donors (Lipinski definition) is 1. The minimum absolute atomic E-state index is 0.101. The van der Waals surface area contributed by atoms with Crippen molar-refractivity contribution in [3.05, 3.63) is 81.6 Å². The maximum atomic E-state index is 12.9. The number of rotatable bonds is 9. The highest BCUT2D eigenvalue weighted by Gasteiger charge is 2.19. The number of aromatic nitrogens is 2. The van der Waals surface area contributed by atoms with Crippen molar-refractivity contribution in [2.75, 3.05) is 39.3 Å². The summed E-state index contributed by atoms with van der Waals surface area (Å²) >= 11 is 12.2. The molecule has 0 spiro atoms. The Kier molecular flexibility index (Phi) is 8.62. The first-order valence-electron chi connectivity index (χ1n) is 11.8. The summed E-state index contributed by atoms with van der Waals surface area (Å²) in [4.78, 5) is 17.7. The fraction of sp³-hybridized carbons (Fsp3) is 0.385. The standard InChI is InChI=1S/C26H31Cl2N5O/c1-2-6-21-19-33(22-7-4-3-5-8-22)30-25(21)26(34)29-11-12-31-13-15-32(16-14-31)18-20-9-10-23(27)24(28)17-20/h3-5,7-10,17,19H,2,6,11-16,18H2,1H3,(H,29,34). The molecule has 2 aromatic carbocycles. The monoisotopic (exact) mass is 499 g/mol. The van der Waals surface area contributed by atoms with Gasteiger partial charge in [0, 0.05) is 57.6 Å². The Morgan fingerprint density at radius 3 is 2.44 bits per heavy atom. The summed E-state index contributed by atoms with van der Waals surface area (Å²) in [5.41, 5.74) is 3.64. The van der Waals surface area contributed by atoms with E-state index in [0.29, 0.717) is 22.3 Å². The molecule has 8 heteroatoms. The Morgan fingerprint density at radius 2 is 1.74 bits per heavy atom. The van der Waals surface area contributed by atoms with Crippen LogP contribution in [0.4, 0.5) is 0 Å².